The predicted octanol–water partition coefficient (Wildman–Crippen LogP) is 3.02. The zero-order chi connectivity index (χ0) is 16.1. The first-order valence-electron chi connectivity index (χ1n) is 7.92. The summed E-state index contributed by atoms with van der Waals surface area (Å²) >= 11 is 0. The van der Waals surface area contributed by atoms with Gasteiger partial charge in [0.05, 0.1) is 6.61 Å². The van der Waals surface area contributed by atoms with Crippen molar-refractivity contribution in [3.63, 3.8) is 0 Å². The van der Waals surface area contributed by atoms with Gasteiger partial charge < -0.3 is 14.8 Å². The standard InChI is InChI=1S/C19H21NO3/c1-14-5-2-3-7-17(14)23-13-19(21)20-12-15-8-9-18-16(11-15)6-4-10-22-18/h2-3,5,7-9,11H,4,6,10,12-13H2,1H3,(H,20,21). The SMILES string of the molecule is Cc1ccccc1OCC(=O)NCc1ccc2c(c1)CCCO2. The zero-order valence-electron chi connectivity index (χ0n) is 13.3. The molecule has 0 radical (unpaired) electrons. The highest BCUT2D eigenvalue weighted by atomic mass is 16.5. The topological polar surface area (TPSA) is 47.6 Å². The molecular weight excluding hydrogens is 290 g/mol. The van der Waals surface area contributed by atoms with Gasteiger partial charge in [-0.25, -0.2) is 0 Å². The lowest BCUT2D eigenvalue weighted by molar-refractivity contribution is -0.123. The lowest BCUT2D eigenvalue weighted by Crippen LogP contribution is -2.28. The summed E-state index contributed by atoms with van der Waals surface area (Å²) in [5.41, 5.74) is 3.33. The number of carbonyl (C=O) groups is 1. The first-order chi connectivity index (χ1) is 11.2. The van der Waals surface area contributed by atoms with E-state index in [4.69, 9.17) is 9.47 Å². The summed E-state index contributed by atoms with van der Waals surface area (Å²) in [5, 5.41) is 2.89. The van der Waals surface area contributed by atoms with Gasteiger partial charge in [0, 0.05) is 6.54 Å². The Balaban J connectivity index is 1.50. The third-order valence-corrected chi connectivity index (χ3v) is 3.91. The van der Waals surface area contributed by atoms with Crippen LogP contribution in [0.4, 0.5) is 0 Å². The maximum atomic E-state index is 11.9. The van der Waals surface area contributed by atoms with Crippen LogP contribution in [-0.4, -0.2) is 19.1 Å². The number of carbonyl (C=O) groups excluding carboxylic acids is 1. The van der Waals surface area contributed by atoms with E-state index >= 15 is 0 Å². The summed E-state index contributed by atoms with van der Waals surface area (Å²) < 4.78 is 11.1. The number of hydrogen-bond acceptors (Lipinski definition) is 3. The highest BCUT2D eigenvalue weighted by Crippen LogP contribution is 2.25. The molecule has 1 amide bonds. The monoisotopic (exact) mass is 311 g/mol. The molecule has 1 N–H and O–H groups in total. The van der Waals surface area contributed by atoms with Crippen LogP contribution in [0.2, 0.25) is 0 Å². The Hall–Kier alpha value is -2.49. The molecule has 0 saturated heterocycles. The summed E-state index contributed by atoms with van der Waals surface area (Å²) in [4.78, 5) is 11.9. The van der Waals surface area contributed by atoms with Crippen LogP contribution in [0.3, 0.4) is 0 Å². The van der Waals surface area contributed by atoms with E-state index in [9.17, 15) is 4.79 Å². The van der Waals surface area contributed by atoms with Crippen molar-refractivity contribution in [2.45, 2.75) is 26.3 Å². The van der Waals surface area contributed by atoms with Crippen LogP contribution in [-0.2, 0) is 17.8 Å². The van der Waals surface area contributed by atoms with Crippen molar-refractivity contribution >= 4 is 5.91 Å². The molecule has 4 nitrogen and oxygen atoms in total. The molecule has 0 bridgehead atoms. The van der Waals surface area contributed by atoms with Gasteiger partial charge in [-0.15, -0.1) is 0 Å². The number of para-hydroxylation sites is 1. The van der Waals surface area contributed by atoms with Gasteiger partial charge in [0.2, 0.25) is 0 Å². The van der Waals surface area contributed by atoms with Crippen molar-refractivity contribution in [1.29, 1.82) is 0 Å². The fourth-order valence-electron chi connectivity index (χ4n) is 2.64. The molecule has 2 aromatic rings. The lowest BCUT2D eigenvalue weighted by atomic mass is 10.0. The summed E-state index contributed by atoms with van der Waals surface area (Å²) in [6.45, 7) is 3.28. The summed E-state index contributed by atoms with van der Waals surface area (Å²) in [6, 6.07) is 13.8. The molecule has 0 aliphatic carbocycles. The first kappa shape index (κ1) is 15.4. The second-order valence-electron chi connectivity index (χ2n) is 5.72. The van der Waals surface area contributed by atoms with Crippen molar-refractivity contribution in [2.24, 2.45) is 0 Å². The van der Waals surface area contributed by atoms with Gasteiger partial charge in [-0.2, -0.15) is 0 Å². The van der Waals surface area contributed by atoms with E-state index in [2.05, 4.69) is 11.4 Å². The summed E-state index contributed by atoms with van der Waals surface area (Å²) in [6.07, 6.45) is 2.08. The van der Waals surface area contributed by atoms with Crippen LogP contribution in [0.25, 0.3) is 0 Å². The normalized spacial score (nSPS) is 12.9. The fourth-order valence-corrected chi connectivity index (χ4v) is 2.64. The number of aryl methyl sites for hydroxylation is 2. The molecule has 1 aliphatic heterocycles. The van der Waals surface area contributed by atoms with Crippen molar-refractivity contribution in [2.75, 3.05) is 13.2 Å². The van der Waals surface area contributed by atoms with Gasteiger partial charge in [-0.3, -0.25) is 4.79 Å². The molecule has 4 heteroatoms. The molecule has 0 atom stereocenters. The number of fused-ring (bicyclic) bond motifs is 1. The average molecular weight is 311 g/mol. The van der Waals surface area contributed by atoms with E-state index in [1.807, 2.05) is 43.3 Å². The molecule has 1 heterocycles. The third kappa shape index (κ3) is 4.03. The zero-order valence-corrected chi connectivity index (χ0v) is 13.3. The average Bonchev–Trinajstić information content (AvgIpc) is 2.59. The van der Waals surface area contributed by atoms with Crippen molar-refractivity contribution in [3.8, 4) is 11.5 Å². The van der Waals surface area contributed by atoms with Crippen molar-refractivity contribution in [1.82, 2.24) is 5.32 Å². The Morgan fingerprint density at radius 2 is 2.13 bits per heavy atom. The maximum absolute atomic E-state index is 11.9. The van der Waals surface area contributed by atoms with E-state index < -0.39 is 0 Å². The molecule has 0 aromatic heterocycles. The minimum atomic E-state index is -0.123. The molecule has 0 fully saturated rings. The third-order valence-electron chi connectivity index (χ3n) is 3.91. The Bertz CT molecular complexity index is 697. The van der Waals surface area contributed by atoms with E-state index in [1.165, 1.54) is 5.56 Å². The second-order valence-corrected chi connectivity index (χ2v) is 5.72. The molecule has 1 aliphatic rings. The van der Waals surface area contributed by atoms with Crippen LogP contribution in [0.5, 0.6) is 11.5 Å². The smallest absolute Gasteiger partial charge is 0.258 e. The largest absolute Gasteiger partial charge is 0.493 e. The second kappa shape index (κ2) is 7.18. The Morgan fingerprint density at radius 1 is 1.26 bits per heavy atom. The number of nitrogens with one attached hydrogen (secondary N) is 1. The molecule has 23 heavy (non-hydrogen) atoms. The molecular formula is C19H21NO3. The molecule has 0 spiro atoms. The summed E-state index contributed by atoms with van der Waals surface area (Å²) in [7, 11) is 0. The Labute approximate surface area is 136 Å². The van der Waals surface area contributed by atoms with Gasteiger partial charge in [0.25, 0.3) is 5.91 Å². The van der Waals surface area contributed by atoms with Crippen molar-refractivity contribution < 1.29 is 14.3 Å². The van der Waals surface area contributed by atoms with E-state index in [0.29, 0.717) is 6.54 Å². The number of benzene rings is 2. The molecule has 3 rings (SSSR count). The number of amides is 1. The number of rotatable bonds is 5. The quantitative estimate of drug-likeness (QED) is 0.923. The van der Waals surface area contributed by atoms with Crippen LogP contribution >= 0.6 is 0 Å². The fraction of sp³-hybridized carbons (Fsp3) is 0.316. The molecule has 0 unspecified atom stereocenters. The van der Waals surface area contributed by atoms with Crippen LogP contribution in [0.1, 0.15) is 23.1 Å². The highest BCUT2D eigenvalue weighted by molar-refractivity contribution is 5.77. The first-order valence-corrected chi connectivity index (χ1v) is 7.92. The predicted molar refractivity (Wildman–Crippen MR) is 88.8 cm³/mol. The number of hydrogen-bond donors (Lipinski definition) is 1. The van der Waals surface area contributed by atoms with Gasteiger partial charge in [0.1, 0.15) is 11.5 Å². The van der Waals surface area contributed by atoms with E-state index in [1.54, 1.807) is 0 Å². The molecule has 0 saturated carbocycles. The van der Waals surface area contributed by atoms with Crippen LogP contribution < -0.4 is 14.8 Å². The van der Waals surface area contributed by atoms with Gasteiger partial charge >= 0.3 is 0 Å². The van der Waals surface area contributed by atoms with Crippen LogP contribution in [0, 0.1) is 6.92 Å². The highest BCUT2D eigenvalue weighted by Gasteiger charge is 2.11. The van der Waals surface area contributed by atoms with Crippen LogP contribution in [0.15, 0.2) is 42.5 Å². The van der Waals surface area contributed by atoms with Gasteiger partial charge in [0.15, 0.2) is 6.61 Å². The number of ether oxygens (including phenoxy) is 2. The Kier molecular flexibility index (Phi) is 4.81. The Morgan fingerprint density at radius 3 is 3.00 bits per heavy atom. The van der Waals surface area contributed by atoms with Gasteiger partial charge in [-0.05, 0) is 48.6 Å². The van der Waals surface area contributed by atoms with Gasteiger partial charge in [-0.1, -0.05) is 30.3 Å². The summed E-state index contributed by atoms with van der Waals surface area (Å²) in [5.74, 6) is 1.59. The maximum Gasteiger partial charge on any atom is 0.258 e. The lowest BCUT2D eigenvalue weighted by Gasteiger charge is -2.18. The van der Waals surface area contributed by atoms with E-state index in [0.717, 1.165) is 42.1 Å². The minimum Gasteiger partial charge on any atom is -0.493 e. The van der Waals surface area contributed by atoms with E-state index in [-0.39, 0.29) is 12.5 Å². The van der Waals surface area contributed by atoms with Crippen molar-refractivity contribution in [3.05, 3.63) is 59.2 Å². The molecule has 2 aromatic carbocycles. The minimum absolute atomic E-state index is 0.0267. The molecule has 120 valence electrons.